The van der Waals surface area contributed by atoms with Gasteiger partial charge >= 0.3 is 5.97 Å². The lowest BCUT2D eigenvalue weighted by Gasteiger charge is -2.32. The number of ketones is 2. The van der Waals surface area contributed by atoms with Crippen LogP contribution < -0.4 is 32.0 Å². The molecule has 13 nitrogen and oxygen atoms in total. The molecule has 14 heteroatoms. The molecule has 4 bridgehead atoms. The largest absolute Gasteiger partial charge is 0.492 e. The van der Waals surface area contributed by atoms with Crippen molar-refractivity contribution in [3.05, 3.63) is 107 Å². The fourth-order valence-electron chi connectivity index (χ4n) is 7.61. The number of benzene rings is 4. The molecule has 0 saturated carbocycles. The van der Waals surface area contributed by atoms with E-state index in [1.165, 1.54) is 11.9 Å². The molecule has 0 unspecified atom stereocenters. The number of carbonyl (C=O) groups is 5. The monoisotopic (exact) mass is 869 g/mol. The van der Waals surface area contributed by atoms with E-state index in [1.807, 2.05) is 48.5 Å². The molecule has 0 aliphatic carbocycles. The van der Waals surface area contributed by atoms with E-state index in [4.69, 9.17) is 38.3 Å². The molecule has 4 aromatic rings. The lowest BCUT2D eigenvalue weighted by atomic mass is 9.88. The van der Waals surface area contributed by atoms with Gasteiger partial charge in [-0.25, -0.2) is 4.79 Å². The highest BCUT2D eigenvalue weighted by Crippen LogP contribution is 2.41. The maximum atomic E-state index is 14.7. The second kappa shape index (κ2) is 23.6. The number of rotatable bonds is 18. The number of unbranched alkanes of at least 4 members (excludes halogenated alkanes) is 1. The Bertz CT molecular complexity index is 2160. The second-order valence-corrected chi connectivity index (χ2v) is 15.9. The van der Waals surface area contributed by atoms with Crippen molar-refractivity contribution in [2.45, 2.75) is 71.4 Å². The summed E-state index contributed by atoms with van der Waals surface area (Å²) in [6, 6.07) is 23.0. The van der Waals surface area contributed by atoms with Gasteiger partial charge in [-0.05, 0) is 83.6 Å². The van der Waals surface area contributed by atoms with Crippen LogP contribution in [0.1, 0.15) is 69.2 Å². The number of aliphatic carboxylic acids is 1. The zero-order valence-electron chi connectivity index (χ0n) is 34.7. The lowest BCUT2D eigenvalue weighted by molar-refractivity contribution is -0.144. The summed E-state index contributed by atoms with van der Waals surface area (Å²) in [4.78, 5) is 70.3. The first-order valence-corrected chi connectivity index (χ1v) is 21.0. The third-order valence-electron chi connectivity index (χ3n) is 10.8. The van der Waals surface area contributed by atoms with E-state index in [-0.39, 0.29) is 65.2 Å². The van der Waals surface area contributed by atoms with E-state index in [2.05, 4.69) is 5.32 Å². The number of fused-ring (bicyclic) bond motifs is 5. The number of carbonyl (C=O) groups excluding carboxylic acids is 4. The zero-order chi connectivity index (χ0) is 44.1. The van der Waals surface area contributed by atoms with Crippen molar-refractivity contribution in [3.63, 3.8) is 0 Å². The Morgan fingerprint density at radius 1 is 0.823 bits per heavy atom. The number of likely N-dealkylation sites (N-methyl/N-ethyl adjacent to an activating group) is 1. The third-order valence-corrected chi connectivity index (χ3v) is 11.1. The van der Waals surface area contributed by atoms with E-state index in [0.717, 1.165) is 16.7 Å². The van der Waals surface area contributed by atoms with Crippen LogP contribution in [0.4, 0.5) is 0 Å². The highest BCUT2D eigenvalue weighted by molar-refractivity contribution is 6.30. The maximum absolute atomic E-state index is 14.7. The van der Waals surface area contributed by atoms with Crippen molar-refractivity contribution >= 4 is 41.0 Å². The third kappa shape index (κ3) is 13.0. The molecule has 0 fully saturated rings. The van der Waals surface area contributed by atoms with Gasteiger partial charge in [0.2, 0.25) is 11.8 Å². The average molecular weight is 870 g/mol. The predicted octanol–water partition coefficient (Wildman–Crippen LogP) is 6.15. The first kappa shape index (κ1) is 49.1. The highest BCUT2D eigenvalue weighted by Gasteiger charge is 2.36. The van der Waals surface area contributed by atoms with Gasteiger partial charge in [0.15, 0.2) is 5.78 Å². The Kier molecular flexibility index (Phi) is 18.7. The molecule has 332 valence electrons. The number of ether oxygens (including phenoxy) is 2. The number of nitrogens with zero attached hydrogens (tertiary/aromatic N) is 1. The van der Waals surface area contributed by atoms with Crippen LogP contribution in [0.2, 0.25) is 5.02 Å². The average Bonchev–Trinajstić information content (AvgIpc) is 3.24. The van der Waals surface area contributed by atoms with Gasteiger partial charge in [-0.1, -0.05) is 80.9 Å². The van der Waals surface area contributed by atoms with Gasteiger partial charge < -0.3 is 42.0 Å². The lowest BCUT2D eigenvalue weighted by Crippen LogP contribution is -2.45. The van der Waals surface area contributed by atoms with Crippen molar-refractivity contribution in [3.8, 4) is 33.8 Å². The molecule has 1 heterocycles. The molecular weight excluding hydrogens is 810 g/mol. The SMILES string of the molecule is C.C[C@@H]1CC(=O)[C@@H](N(C)C(=O)[C@H](CCCCN)CC(=O)Cc2ccc(-c3ccc(Cl)cc3)cc2)c2ccc(OCCN)c(c2)-c2cc(ccc2OCCN)C[C@@H](C(=O)O)NC1=O. The highest BCUT2D eigenvalue weighted by atomic mass is 35.5. The van der Waals surface area contributed by atoms with Gasteiger partial charge in [-0.15, -0.1) is 0 Å². The summed E-state index contributed by atoms with van der Waals surface area (Å²) >= 11 is 6.06. The van der Waals surface area contributed by atoms with Gasteiger partial charge in [0.1, 0.15) is 42.6 Å². The summed E-state index contributed by atoms with van der Waals surface area (Å²) in [7, 11) is 1.53. The number of amides is 2. The predicted molar refractivity (Wildman–Crippen MR) is 242 cm³/mol. The Balaban J connectivity index is 0.00000845. The van der Waals surface area contributed by atoms with Crippen LogP contribution in [0.25, 0.3) is 22.3 Å². The summed E-state index contributed by atoms with van der Waals surface area (Å²) in [5.41, 5.74) is 22.3. The van der Waals surface area contributed by atoms with Crippen LogP contribution in [-0.4, -0.2) is 85.3 Å². The summed E-state index contributed by atoms with van der Waals surface area (Å²) in [6.45, 7) is 2.73. The van der Waals surface area contributed by atoms with Crippen molar-refractivity contribution in [1.29, 1.82) is 0 Å². The summed E-state index contributed by atoms with van der Waals surface area (Å²) in [5.74, 6) is -3.73. The number of carboxylic acids is 1. The molecule has 0 spiro atoms. The van der Waals surface area contributed by atoms with Crippen molar-refractivity contribution in [1.82, 2.24) is 10.2 Å². The fourth-order valence-corrected chi connectivity index (χ4v) is 7.73. The van der Waals surface area contributed by atoms with Crippen molar-refractivity contribution in [2.24, 2.45) is 29.0 Å². The first-order valence-electron chi connectivity index (χ1n) is 20.7. The smallest absolute Gasteiger partial charge is 0.326 e. The maximum Gasteiger partial charge on any atom is 0.326 e. The van der Waals surface area contributed by atoms with E-state index in [1.54, 1.807) is 43.3 Å². The summed E-state index contributed by atoms with van der Waals surface area (Å²) in [6.07, 6.45) is 1.28. The number of hydrogen-bond acceptors (Lipinski definition) is 10. The Hall–Kier alpha value is -5.60. The number of carboxylic acid groups (broad SMARTS) is 1. The van der Waals surface area contributed by atoms with Crippen LogP contribution in [0, 0.1) is 11.8 Å². The number of halogens is 1. The summed E-state index contributed by atoms with van der Waals surface area (Å²) < 4.78 is 12.1. The Labute approximate surface area is 369 Å². The van der Waals surface area contributed by atoms with Gasteiger partial charge in [0.05, 0.1) is 0 Å². The molecule has 0 aromatic heterocycles. The topological polar surface area (TPSA) is 217 Å². The normalized spacial score (nSPS) is 16.8. The standard InChI is InChI=1S/C47H56ClN5O8.CH4/c1-29-23-41(55)44(53(2)46(57)35(5-3-4-18-49)27-37(54)24-30-6-9-32(10-7-30)33-11-14-36(48)15-12-33)34-13-17-43(61-22-20-51)39(28-34)38-25-31(8-16-42(38)60-21-19-50)26-40(47(58)59)52-45(29)56;/h6-17,25,28-29,35,40,44H,3-5,18-24,26-27,49-51H2,1-2H3,(H,52,56)(H,58,59);1H4/t29-,35-,40+,44+;/m1./s1. The molecule has 1 aliphatic heterocycles. The Morgan fingerprint density at radius 3 is 2.02 bits per heavy atom. The van der Waals surface area contributed by atoms with E-state index >= 15 is 0 Å². The number of Topliss-reactive ketones (excluding diaryl/α,β-unsaturated/α-hetero) is 2. The fraction of sp³-hybridized carbons (Fsp3) is 0.396. The zero-order valence-corrected chi connectivity index (χ0v) is 35.5. The van der Waals surface area contributed by atoms with E-state index in [9.17, 15) is 29.1 Å². The minimum absolute atomic E-state index is 0. The molecule has 4 aromatic carbocycles. The Morgan fingerprint density at radius 2 is 1.42 bits per heavy atom. The molecule has 4 atom stereocenters. The first-order chi connectivity index (χ1) is 29.3. The molecular formula is C48H60ClN5O8. The second-order valence-electron chi connectivity index (χ2n) is 15.5. The molecule has 1 aliphatic rings. The molecule has 8 N–H and O–H groups in total. The molecule has 0 radical (unpaired) electrons. The number of nitrogens with two attached hydrogens (primary N) is 3. The van der Waals surface area contributed by atoms with Crippen LogP contribution >= 0.6 is 11.6 Å². The van der Waals surface area contributed by atoms with E-state index < -0.39 is 47.5 Å². The molecule has 62 heavy (non-hydrogen) atoms. The quantitative estimate of drug-likeness (QED) is 0.0715. The van der Waals surface area contributed by atoms with Crippen LogP contribution in [0.3, 0.4) is 0 Å². The van der Waals surface area contributed by atoms with Crippen LogP contribution in [0.15, 0.2) is 84.9 Å². The van der Waals surface area contributed by atoms with Crippen LogP contribution in [0.5, 0.6) is 11.5 Å². The van der Waals surface area contributed by atoms with Crippen molar-refractivity contribution in [2.75, 3.05) is 39.9 Å². The molecule has 2 amide bonds. The minimum atomic E-state index is -1.30. The van der Waals surface area contributed by atoms with Crippen LogP contribution in [-0.2, 0) is 36.8 Å². The van der Waals surface area contributed by atoms with Gasteiger partial charge in [-0.3, -0.25) is 19.2 Å². The molecule has 5 rings (SSSR count). The van der Waals surface area contributed by atoms with Gasteiger partial charge in [-0.2, -0.15) is 0 Å². The van der Waals surface area contributed by atoms with Crippen molar-refractivity contribution < 1.29 is 38.6 Å². The number of nitrogens with one attached hydrogen (secondary N) is 1. The minimum Gasteiger partial charge on any atom is -0.492 e. The summed E-state index contributed by atoms with van der Waals surface area (Å²) in [5, 5.41) is 13.4. The number of hydrogen-bond donors (Lipinski definition) is 5. The van der Waals surface area contributed by atoms with Gasteiger partial charge in [0, 0.05) is 73.8 Å². The molecule has 0 saturated heterocycles. The van der Waals surface area contributed by atoms with E-state index in [0.29, 0.717) is 64.6 Å². The van der Waals surface area contributed by atoms with Gasteiger partial charge in [0.25, 0.3) is 0 Å².